The lowest BCUT2D eigenvalue weighted by molar-refractivity contribution is -0.128. The molecular weight excluding hydrogens is 348 g/mol. The predicted molar refractivity (Wildman–Crippen MR) is 94.4 cm³/mol. The Labute approximate surface area is 156 Å². The standard InChI is InChI=1S/C18H22N6O3/c1-23-11-21-16(22-23)18(26)24-10-13(7-15-14(24)4-6-27-15)17(25)20-9-12-3-2-5-19-8-12/h2-3,5,8,11,13-15H,4,6-7,9-10H2,1H3,(H,20,25)/t13-,14-,15-/m1/s1. The van der Waals surface area contributed by atoms with E-state index in [-0.39, 0.29) is 35.7 Å². The molecule has 4 rings (SSSR count). The Morgan fingerprint density at radius 3 is 3.04 bits per heavy atom. The summed E-state index contributed by atoms with van der Waals surface area (Å²) in [7, 11) is 1.72. The molecule has 0 saturated carbocycles. The van der Waals surface area contributed by atoms with Crippen molar-refractivity contribution in [1.29, 1.82) is 0 Å². The Morgan fingerprint density at radius 1 is 1.41 bits per heavy atom. The molecule has 27 heavy (non-hydrogen) atoms. The summed E-state index contributed by atoms with van der Waals surface area (Å²) in [5, 5.41) is 7.06. The largest absolute Gasteiger partial charge is 0.376 e. The van der Waals surface area contributed by atoms with Crippen LogP contribution in [0, 0.1) is 5.92 Å². The summed E-state index contributed by atoms with van der Waals surface area (Å²) >= 11 is 0. The summed E-state index contributed by atoms with van der Waals surface area (Å²) in [5.41, 5.74) is 0.933. The van der Waals surface area contributed by atoms with E-state index in [0.717, 1.165) is 12.0 Å². The van der Waals surface area contributed by atoms with E-state index in [1.807, 2.05) is 12.1 Å². The van der Waals surface area contributed by atoms with Crippen molar-refractivity contribution in [3.05, 3.63) is 42.2 Å². The van der Waals surface area contributed by atoms with Crippen molar-refractivity contribution in [1.82, 2.24) is 30.0 Å². The average molecular weight is 370 g/mol. The summed E-state index contributed by atoms with van der Waals surface area (Å²) in [6.07, 6.45) is 6.17. The minimum absolute atomic E-state index is 0.0244. The van der Waals surface area contributed by atoms with Crippen LogP contribution in [-0.4, -0.2) is 61.8 Å². The second kappa shape index (κ2) is 7.43. The minimum Gasteiger partial charge on any atom is -0.376 e. The molecule has 0 aliphatic carbocycles. The minimum atomic E-state index is -0.325. The second-order valence-electron chi connectivity index (χ2n) is 6.98. The molecule has 3 atom stereocenters. The zero-order valence-electron chi connectivity index (χ0n) is 15.1. The first-order valence-corrected chi connectivity index (χ1v) is 9.06. The molecule has 2 aromatic rings. The van der Waals surface area contributed by atoms with Crippen molar-refractivity contribution in [2.45, 2.75) is 31.5 Å². The van der Waals surface area contributed by atoms with Crippen molar-refractivity contribution in [2.24, 2.45) is 13.0 Å². The number of ether oxygens (including phenoxy) is 1. The molecule has 0 radical (unpaired) electrons. The Hall–Kier alpha value is -2.81. The maximum absolute atomic E-state index is 12.9. The first-order valence-electron chi connectivity index (χ1n) is 9.06. The monoisotopic (exact) mass is 370 g/mol. The van der Waals surface area contributed by atoms with E-state index in [9.17, 15) is 9.59 Å². The number of rotatable bonds is 4. The average Bonchev–Trinajstić information content (AvgIpc) is 3.34. The molecule has 2 amide bonds. The van der Waals surface area contributed by atoms with E-state index in [0.29, 0.717) is 26.1 Å². The number of carbonyl (C=O) groups is 2. The highest BCUT2D eigenvalue weighted by Crippen LogP contribution is 2.32. The molecule has 2 fully saturated rings. The number of likely N-dealkylation sites (tertiary alicyclic amines) is 1. The number of amides is 2. The number of aryl methyl sites for hydroxylation is 1. The van der Waals surface area contributed by atoms with Gasteiger partial charge in [0.1, 0.15) is 6.33 Å². The number of piperidine rings is 1. The van der Waals surface area contributed by atoms with Crippen LogP contribution in [0.25, 0.3) is 0 Å². The van der Waals surface area contributed by atoms with E-state index in [2.05, 4.69) is 20.4 Å². The Bertz CT molecular complexity index is 824. The van der Waals surface area contributed by atoms with Crippen LogP contribution in [0.4, 0.5) is 0 Å². The van der Waals surface area contributed by atoms with Crippen LogP contribution >= 0.6 is 0 Å². The highest BCUT2D eigenvalue weighted by atomic mass is 16.5. The molecular formula is C18H22N6O3. The van der Waals surface area contributed by atoms with Gasteiger partial charge in [-0.15, -0.1) is 5.10 Å². The SMILES string of the molecule is Cn1cnc(C(=O)N2C[C@H](C(=O)NCc3cccnc3)C[C@H]3OCC[C@H]32)n1. The Kier molecular flexibility index (Phi) is 4.85. The van der Waals surface area contributed by atoms with Gasteiger partial charge in [-0.05, 0) is 24.5 Å². The van der Waals surface area contributed by atoms with Crippen LogP contribution in [0.15, 0.2) is 30.9 Å². The molecule has 4 heterocycles. The van der Waals surface area contributed by atoms with Gasteiger partial charge in [0.25, 0.3) is 5.91 Å². The number of fused-ring (bicyclic) bond motifs is 1. The van der Waals surface area contributed by atoms with E-state index in [1.54, 1.807) is 24.3 Å². The Morgan fingerprint density at radius 2 is 2.30 bits per heavy atom. The lowest BCUT2D eigenvalue weighted by Crippen LogP contribution is -2.55. The molecule has 9 nitrogen and oxygen atoms in total. The maximum Gasteiger partial charge on any atom is 0.293 e. The van der Waals surface area contributed by atoms with Gasteiger partial charge in [-0.3, -0.25) is 19.3 Å². The second-order valence-corrected chi connectivity index (χ2v) is 6.98. The van der Waals surface area contributed by atoms with Gasteiger partial charge in [-0.2, -0.15) is 0 Å². The summed E-state index contributed by atoms with van der Waals surface area (Å²) in [6.45, 7) is 1.35. The lowest BCUT2D eigenvalue weighted by atomic mass is 9.89. The zero-order chi connectivity index (χ0) is 18.8. The predicted octanol–water partition coefficient (Wildman–Crippen LogP) is 0.146. The third-order valence-electron chi connectivity index (χ3n) is 5.12. The van der Waals surface area contributed by atoms with Crippen molar-refractivity contribution in [2.75, 3.05) is 13.2 Å². The van der Waals surface area contributed by atoms with Gasteiger partial charge in [0.2, 0.25) is 11.7 Å². The normalized spacial score (nSPS) is 24.5. The summed E-state index contributed by atoms with van der Waals surface area (Å²) in [5.74, 6) is -0.506. The van der Waals surface area contributed by atoms with E-state index in [1.165, 1.54) is 11.0 Å². The fourth-order valence-electron chi connectivity index (χ4n) is 3.77. The summed E-state index contributed by atoms with van der Waals surface area (Å²) < 4.78 is 7.29. The zero-order valence-corrected chi connectivity index (χ0v) is 15.1. The van der Waals surface area contributed by atoms with Crippen LogP contribution in [0.1, 0.15) is 29.0 Å². The highest BCUT2D eigenvalue weighted by molar-refractivity contribution is 5.91. The Balaban J connectivity index is 1.46. The highest BCUT2D eigenvalue weighted by Gasteiger charge is 2.45. The first kappa shape index (κ1) is 17.6. The van der Waals surface area contributed by atoms with Crippen LogP contribution in [0.2, 0.25) is 0 Å². The van der Waals surface area contributed by atoms with Gasteiger partial charge in [-0.1, -0.05) is 6.07 Å². The molecule has 2 aliphatic heterocycles. The summed E-state index contributed by atoms with van der Waals surface area (Å²) in [4.78, 5) is 35.4. The van der Waals surface area contributed by atoms with E-state index in [4.69, 9.17) is 4.74 Å². The maximum atomic E-state index is 12.9. The number of aromatic nitrogens is 4. The summed E-state index contributed by atoms with van der Waals surface area (Å²) in [6, 6.07) is 3.72. The topological polar surface area (TPSA) is 102 Å². The quantitative estimate of drug-likeness (QED) is 0.822. The fraction of sp³-hybridized carbons (Fsp3) is 0.500. The fourth-order valence-corrected chi connectivity index (χ4v) is 3.77. The van der Waals surface area contributed by atoms with Crippen molar-refractivity contribution >= 4 is 11.8 Å². The lowest BCUT2D eigenvalue weighted by Gasteiger charge is -2.39. The number of pyridine rings is 1. The molecule has 0 aromatic carbocycles. The molecule has 2 saturated heterocycles. The number of carbonyl (C=O) groups excluding carboxylic acids is 2. The molecule has 142 valence electrons. The van der Waals surface area contributed by atoms with Gasteiger partial charge < -0.3 is 15.0 Å². The van der Waals surface area contributed by atoms with Gasteiger partial charge in [0.15, 0.2) is 0 Å². The number of nitrogens with zero attached hydrogens (tertiary/aromatic N) is 5. The third-order valence-corrected chi connectivity index (χ3v) is 5.12. The molecule has 1 N–H and O–H groups in total. The van der Waals surface area contributed by atoms with Crippen LogP contribution < -0.4 is 5.32 Å². The smallest absolute Gasteiger partial charge is 0.293 e. The molecule has 2 aliphatic rings. The molecule has 0 unspecified atom stereocenters. The van der Waals surface area contributed by atoms with Crippen LogP contribution in [-0.2, 0) is 23.1 Å². The first-order chi connectivity index (χ1) is 13.1. The number of hydrogen-bond acceptors (Lipinski definition) is 6. The van der Waals surface area contributed by atoms with Crippen molar-refractivity contribution < 1.29 is 14.3 Å². The molecule has 9 heteroatoms. The van der Waals surface area contributed by atoms with Crippen molar-refractivity contribution in [3.63, 3.8) is 0 Å². The molecule has 0 spiro atoms. The van der Waals surface area contributed by atoms with E-state index >= 15 is 0 Å². The van der Waals surface area contributed by atoms with Crippen LogP contribution in [0.3, 0.4) is 0 Å². The van der Waals surface area contributed by atoms with Gasteiger partial charge in [-0.25, -0.2) is 4.98 Å². The molecule has 0 bridgehead atoms. The number of hydrogen-bond donors (Lipinski definition) is 1. The van der Waals surface area contributed by atoms with Gasteiger partial charge in [0, 0.05) is 39.1 Å². The van der Waals surface area contributed by atoms with Gasteiger partial charge in [0.05, 0.1) is 18.1 Å². The van der Waals surface area contributed by atoms with Crippen molar-refractivity contribution in [3.8, 4) is 0 Å². The number of nitrogens with one attached hydrogen (secondary N) is 1. The molecule has 2 aromatic heterocycles. The van der Waals surface area contributed by atoms with Gasteiger partial charge >= 0.3 is 0 Å². The van der Waals surface area contributed by atoms with E-state index < -0.39 is 0 Å². The van der Waals surface area contributed by atoms with Crippen LogP contribution in [0.5, 0.6) is 0 Å². The third kappa shape index (κ3) is 3.68.